The van der Waals surface area contributed by atoms with Crippen LogP contribution >= 0.6 is 39.3 Å². The molecule has 2 N–H and O–H groups in total. The highest BCUT2D eigenvalue weighted by Crippen LogP contribution is 2.35. The predicted molar refractivity (Wildman–Crippen MR) is 89.5 cm³/mol. The Balaban J connectivity index is 2.30. The highest BCUT2D eigenvalue weighted by atomic mass is 79.9. The highest BCUT2D eigenvalue weighted by Gasteiger charge is 2.11. The summed E-state index contributed by atoms with van der Waals surface area (Å²) in [6.45, 7) is 2.10. The van der Waals surface area contributed by atoms with Gasteiger partial charge < -0.3 is 5.73 Å². The van der Waals surface area contributed by atoms with E-state index in [0.29, 0.717) is 0 Å². The molecule has 1 unspecified atom stereocenters. The summed E-state index contributed by atoms with van der Waals surface area (Å²) < 4.78 is 0.982. The van der Waals surface area contributed by atoms with Gasteiger partial charge in [0.15, 0.2) is 0 Å². The third-order valence-electron chi connectivity index (χ3n) is 2.97. The maximum absolute atomic E-state index is 6.12. The van der Waals surface area contributed by atoms with Gasteiger partial charge in [0.1, 0.15) is 5.03 Å². The van der Waals surface area contributed by atoms with Crippen molar-refractivity contribution in [3.8, 4) is 0 Å². The molecule has 0 fully saturated rings. The van der Waals surface area contributed by atoms with Gasteiger partial charge in [-0.15, -0.1) is 0 Å². The Kier molecular flexibility index (Phi) is 5.90. The zero-order valence-corrected chi connectivity index (χ0v) is 14.3. The molecule has 2 nitrogen and oxygen atoms in total. The summed E-state index contributed by atoms with van der Waals surface area (Å²) in [5.41, 5.74) is 7.28. The first-order chi connectivity index (χ1) is 9.60. The van der Waals surface area contributed by atoms with E-state index in [4.69, 9.17) is 17.3 Å². The average Bonchev–Trinajstić information content (AvgIpc) is 2.44. The average molecular weight is 372 g/mol. The van der Waals surface area contributed by atoms with Crippen LogP contribution in [-0.2, 0) is 6.42 Å². The van der Waals surface area contributed by atoms with Crippen LogP contribution in [0.3, 0.4) is 0 Å². The molecule has 5 heteroatoms. The van der Waals surface area contributed by atoms with Crippen molar-refractivity contribution in [1.29, 1.82) is 0 Å². The first-order valence-electron chi connectivity index (χ1n) is 6.42. The van der Waals surface area contributed by atoms with Crippen LogP contribution in [0.5, 0.6) is 0 Å². The lowest BCUT2D eigenvalue weighted by Crippen LogP contribution is -2.21. The Morgan fingerprint density at radius 1 is 1.40 bits per heavy atom. The quantitative estimate of drug-likeness (QED) is 0.810. The molecular formula is C15H16BrClN2S. The Morgan fingerprint density at radius 2 is 2.20 bits per heavy atom. The Labute approximate surface area is 137 Å². The lowest BCUT2D eigenvalue weighted by molar-refractivity contribution is 0.641. The topological polar surface area (TPSA) is 38.9 Å². The minimum atomic E-state index is 0.169. The van der Waals surface area contributed by atoms with E-state index < -0.39 is 0 Å². The van der Waals surface area contributed by atoms with Gasteiger partial charge >= 0.3 is 0 Å². The third kappa shape index (κ3) is 4.22. The summed E-state index contributed by atoms with van der Waals surface area (Å²) >= 11 is 11.2. The molecule has 1 aromatic heterocycles. The van der Waals surface area contributed by atoms with Gasteiger partial charge in [0.25, 0.3) is 0 Å². The van der Waals surface area contributed by atoms with E-state index in [0.717, 1.165) is 32.3 Å². The minimum absolute atomic E-state index is 0.169. The summed E-state index contributed by atoms with van der Waals surface area (Å²) in [7, 11) is 0. The van der Waals surface area contributed by atoms with Crippen molar-refractivity contribution < 1.29 is 0 Å². The van der Waals surface area contributed by atoms with E-state index in [9.17, 15) is 0 Å². The molecule has 1 aromatic carbocycles. The van der Waals surface area contributed by atoms with Gasteiger partial charge in [-0.3, -0.25) is 0 Å². The molecule has 0 radical (unpaired) electrons. The van der Waals surface area contributed by atoms with Crippen LogP contribution in [0.2, 0.25) is 5.02 Å². The van der Waals surface area contributed by atoms with E-state index in [1.165, 1.54) is 5.56 Å². The van der Waals surface area contributed by atoms with Crippen molar-refractivity contribution in [2.24, 2.45) is 5.73 Å². The van der Waals surface area contributed by atoms with Gasteiger partial charge in [-0.1, -0.05) is 36.4 Å². The Bertz CT molecular complexity index is 592. The van der Waals surface area contributed by atoms with Gasteiger partial charge in [-0.25, -0.2) is 4.98 Å². The molecule has 0 bridgehead atoms. The Morgan fingerprint density at radius 3 is 2.90 bits per heavy atom. The third-order valence-corrected chi connectivity index (χ3v) is 5.22. The smallest absolute Gasteiger partial charge is 0.115 e. The van der Waals surface area contributed by atoms with Crippen LogP contribution in [0.4, 0.5) is 0 Å². The van der Waals surface area contributed by atoms with Crippen LogP contribution in [0.1, 0.15) is 18.9 Å². The fraction of sp³-hybridized carbons (Fsp3) is 0.267. The van der Waals surface area contributed by atoms with E-state index >= 15 is 0 Å². The number of benzene rings is 1. The van der Waals surface area contributed by atoms with Crippen molar-refractivity contribution >= 4 is 39.3 Å². The van der Waals surface area contributed by atoms with Crippen molar-refractivity contribution in [1.82, 2.24) is 4.98 Å². The van der Waals surface area contributed by atoms with Crippen LogP contribution < -0.4 is 5.73 Å². The molecule has 20 heavy (non-hydrogen) atoms. The molecule has 1 heterocycles. The number of hydrogen-bond acceptors (Lipinski definition) is 3. The number of halogens is 2. The normalized spacial score (nSPS) is 12.4. The molecule has 0 aliphatic heterocycles. The fourth-order valence-corrected chi connectivity index (χ4v) is 3.46. The number of aromatic nitrogens is 1. The fourth-order valence-electron chi connectivity index (χ4n) is 1.77. The predicted octanol–water partition coefficient (Wildman–Crippen LogP) is 4.93. The maximum atomic E-state index is 6.12. The van der Waals surface area contributed by atoms with Crippen LogP contribution in [0.25, 0.3) is 0 Å². The van der Waals surface area contributed by atoms with Gasteiger partial charge in [-0.05, 0) is 58.6 Å². The van der Waals surface area contributed by atoms with Crippen molar-refractivity contribution in [2.45, 2.75) is 35.7 Å². The van der Waals surface area contributed by atoms with Crippen molar-refractivity contribution in [3.05, 3.63) is 51.6 Å². The molecular weight excluding hydrogens is 356 g/mol. The summed E-state index contributed by atoms with van der Waals surface area (Å²) in [5.74, 6) is 0. The van der Waals surface area contributed by atoms with E-state index in [1.807, 2.05) is 24.3 Å². The summed E-state index contributed by atoms with van der Waals surface area (Å²) in [5, 5.41) is 1.66. The molecule has 2 aromatic rings. The number of rotatable bonds is 5. The first-order valence-corrected chi connectivity index (χ1v) is 8.41. The summed E-state index contributed by atoms with van der Waals surface area (Å²) in [6, 6.07) is 10.00. The van der Waals surface area contributed by atoms with Gasteiger partial charge in [0.2, 0.25) is 0 Å². The monoisotopic (exact) mass is 370 g/mol. The molecule has 0 aliphatic carbocycles. The molecule has 0 spiro atoms. The molecule has 0 aliphatic rings. The number of nitrogens with zero attached hydrogens (tertiary/aromatic N) is 1. The Hall–Kier alpha value is -0.550. The zero-order valence-electron chi connectivity index (χ0n) is 11.1. The second kappa shape index (κ2) is 7.46. The molecule has 2 rings (SSSR count). The van der Waals surface area contributed by atoms with Crippen LogP contribution in [0, 0.1) is 0 Å². The van der Waals surface area contributed by atoms with Crippen molar-refractivity contribution in [3.63, 3.8) is 0 Å². The molecule has 0 amide bonds. The summed E-state index contributed by atoms with van der Waals surface area (Å²) in [6.07, 6.45) is 3.59. The zero-order chi connectivity index (χ0) is 14.5. The second-order valence-corrected chi connectivity index (χ2v) is 6.84. The molecule has 1 atom stereocenters. The van der Waals surface area contributed by atoms with Crippen LogP contribution in [0.15, 0.2) is 50.9 Å². The van der Waals surface area contributed by atoms with Crippen molar-refractivity contribution in [2.75, 3.05) is 0 Å². The van der Waals surface area contributed by atoms with Gasteiger partial charge in [-0.2, -0.15) is 0 Å². The lowest BCUT2D eigenvalue weighted by atomic mass is 10.1. The second-order valence-electron chi connectivity index (χ2n) is 4.52. The first kappa shape index (κ1) is 15.8. The van der Waals surface area contributed by atoms with Gasteiger partial charge in [0, 0.05) is 22.2 Å². The number of pyridine rings is 1. The van der Waals surface area contributed by atoms with Gasteiger partial charge in [0.05, 0.1) is 4.47 Å². The largest absolute Gasteiger partial charge is 0.327 e. The molecule has 106 valence electrons. The number of hydrogen-bond donors (Lipinski definition) is 1. The van der Waals surface area contributed by atoms with Crippen LogP contribution in [-0.4, -0.2) is 11.0 Å². The molecule has 0 saturated heterocycles. The number of nitrogens with two attached hydrogens (primary N) is 1. The highest BCUT2D eigenvalue weighted by molar-refractivity contribution is 9.10. The standard InChI is InChI=1S/C15H16BrClN2S/c1-2-12(18)8-10-5-6-11(17)9-14(10)20-15-13(16)4-3-7-19-15/h3-7,9,12H,2,8,18H2,1H3. The summed E-state index contributed by atoms with van der Waals surface area (Å²) in [4.78, 5) is 5.50. The minimum Gasteiger partial charge on any atom is -0.327 e. The SMILES string of the molecule is CCC(N)Cc1ccc(Cl)cc1Sc1ncccc1Br. The van der Waals surface area contributed by atoms with E-state index in [2.05, 4.69) is 33.9 Å². The van der Waals surface area contributed by atoms with E-state index in [1.54, 1.807) is 18.0 Å². The lowest BCUT2D eigenvalue weighted by Gasteiger charge is -2.13. The maximum Gasteiger partial charge on any atom is 0.115 e. The van der Waals surface area contributed by atoms with E-state index in [-0.39, 0.29) is 6.04 Å². The molecule has 0 saturated carbocycles.